The van der Waals surface area contributed by atoms with E-state index in [1.807, 2.05) is 18.2 Å². The average molecular weight is 314 g/mol. The van der Waals surface area contributed by atoms with Crippen molar-refractivity contribution in [3.05, 3.63) is 29.0 Å². The lowest BCUT2D eigenvalue weighted by Crippen LogP contribution is -2.27. The molecular weight excluding hydrogens is 293 g/mol. The molecule has 0 aliphatic rings. The highest BCUT2D eigenvalue weighted by Gasteiger charge is 2.11. The van der Waals surface area contributed by atoms with Crippen LogP contribution in [0.1, 0.15) is 19.7 Å². The van der Waals surface area contributed by atoms with E-state index in [9.17, 15) is 0 Å². The van der Waals surface area contributed by atoms with Crippen LogP contribution in [-0.2, 0) is 13.0 Å². The van der Waals surface area contributed by atoms with Crippen LogP contribution in [0.2, 0.25) is 5.02 Å². The van der Waals surface area contributed by atoms with Crippen LogP contribution in [0.25, 0.3) is 11.0 Å². The molecule has 1 aromatic carbocycles. The molecule has 0 amide bonds. The van der Waals surface area contributed by atoms with Gasteiger partial charge in [-0.1, -0.05) is 25.4 Å². The van der Waals surface area contributed by atoms with Crippen LogP contribution in [0.3, 0.4) is 0 Å². The smallest absolute Gasteiger partial charge is 0.111 e. The quantitative estimate of drug-likeness (QED) is 0.725. The van der Waals surface area contributed by atoms with Crippen molar-refractivity contribution in [2.45, 2.75) is 26.8 Å². The van der Waals surface area contributed by atoms with E-state index in [1.54, 1.807) is 0 Å². The summed E-state index contributed by atoms with van der Waals surface area (Å²) in [4.78, 5) is 7.08. The zero-order chi connectivity index (χ0) is 14.5. The number of fused-ring (bicyclic) bond motifs is 1. The number of nitrogens with zero attached hydrogens (tertiary/aromatic N) is 3. The van der Waals surface area contributed by atoms with Gasteiger partial charge in [0.1, 0.15) is 5.82 Å². The first-order chi connectivity index (χ1) is 9.69. The van der Waals surface area contributed by atoms with Crippen LogP contribution in [0, 0.1) is 0 Å². The lowest BCUT2D eigenvalue weighted by Gasteiger charge is -2.19. The second-order valence-corrected chi connectivity index (χ2v) is 5.59. The van der Waals surface area contributed by atoms with E-state index in [2.05, 4.69) is 28.3 Å². The number of hydrogen-bond donors (Lipinski definition) is 0. The Bertz CT molecular complexity index is 561. The summed E-state index contributed by atoms with van der Waals surface area (Å²) in [6.07, 6.45) is 0.784. The van der Waals surface area contributed by atoms with Crippen LogP contribution in [-0.4, -0.2) is 40.0 Å². The topological polar surface area (TPSA) is 21.1 Å². The van der Waals surface area contributed by atoms with Gasteiger partial charge in [-0.3, -0.25) is 0 Å². The van der Waals surface area contributed by atoms with Gasteiger partial charge >= 0.3 is 0 Å². The van der Waals surface area contributed by atoms with Gasteiger partial charge in [-0.25, -0.2) is 4.98 Å². The van der Waals surface area contributed by atoms with Gasteiger partial charge in [-0.05, 0) is 31.3 Å². The fraction of sp³-hybridized carbons (Fsp3) is 0.533. The van der Waals surface area contributed by atoms with Gasteiger partial charge in [0.15, 0.2) is 0 Å². The molecule has 0 fully saturated rings. The van der Waals surface area contributed by atoms with Gasteiger partial charge < -0.3 is 9.47 Å². The molecule has 0 saturated heterocycles. The molecule has 0 saturated carbocycles. The largest absolute Gasteiger partial charge is 0.327 e. The highest BCUT2D eigenvalue weighted by Crippen LogP contribution is 2.21. The van der Waals surface area contributed by atoms with E-state index in [-0.39, 0.29) is 0 Å². The first kappa shape index (κ1) is 15.6. The SMILES string of the molecule is CCN(CC)CCn1c(CCCl)nc2ccc(Cl)cc21. The standard InChI is InChI=1S/C15H21Cl2N3/c1-3-19(4-2)9-10-20-14-11-12(17)5-6-13(14)18-15(20)7-8-16/h5-6,11H,3-4,7-10H2,1-2H3. The fourth-order valence-electron chi connectivity index (χ4n) is 2.45. The maximum atomic E-state index is 6.12. The van der Waals surface area contributed by atoms with E-state index < -0.39 is 0 Å². The Kier molecular flexibility index (Phi) is 5.70. The highest BCUT2D eigenvalue weighted by atomic mass is 35.5. The van der Waals surface area contributed by atoms with Gasteiger partial charge in [0.25, 0.3) is 0 Å². The van der Waals surface area contributed by atoms with Gasteiger partial charge in [0.2, 0.25) is 0 Å². The molecule has 0 atom stereocenters. The predicted molar refractivity (Wildman–Crippen MR) is 87.0 cm³/mol. The van der Waals surface area contributed by atoms with Crippen molar-refractivity contribution < 1.29 is 0 Å². The van der Waals surface area contributed by atoms with E-state index >= 15 is 0 Å². The minimum atomic E-state index is 0.586. The summed E-state index contributed by atoms with van der Waals surface area (Å²) in [5.41, 5.74) is 2.10. The fourth-order valence-corrected chi connectivity index (χ4v) is 2.79. The summed E-state index contributed by atoms with van der Waals surface area (Å²) in [6.45, 7) is 8.44. The number of hydrogen-bond acceptors (Lipinski definition) is 2. The number of aryl methyl sites for hydroxylation is 1. The van der Waals surface area contributed by atoms with Crippen molar-refractivity contribution in [1.82, 2.24) is 14.5 Å². The van der Waals surface area contributed by atoms with E-state index in [4.69, 9.17) is 23.2 Å². The first-order valence-corrected chi connectivity index (χ1v) is 8.03. The van der Waals surface area contributed by atoms with Gasteiger partial charge in [-0.15, -0.1) is 11.6 Å². The van der Waals surface area contributed by atoms with E-state index in [0.29, 0.717) is 5.88 Å². The van der Waals surface area contributed by atoms with Crippen LogP contribution < -0.4 is 0 Å². The number of imidazole rings is 1. The van der Waals surface area contributed by atoms with E-state index in [1.165, 1.54) is 0 Å². The average Bonchev–Trinajstić information content (AvgIpc) is 2.78. The van der Waals surface area contributed by atoms with E-state index in [0.717, 1.165) is 54.5 Å². The van der Waals surface area contributed by atoms with Crippen LogP contribution in [0.4, 0.5) is 0 Å². The molecule has 2 rings (SSSR count). The second kappa shape index (κ2) is 7.30. The summed E-state index contributed by atoms with van der Waals surface area (Å²) in [7, 11) is 0. The van der Waals surface area contributed by atoms with Crippen LogP contribution in [0.5, 0.6) is 0 Å². The van der Waals surface area contributed by atoms with Crippen molar-refractivity contribution in [3.8, 4) is 0 Å². The molecule has 110 valence electrons. The molecule has 1 aromatic heterocycles. The van der Waals surface area contributed by atoms with Crippen molar-refractivity contribution in [2.75, 3.05) is 25.5 Å². The monoisotopic (exact) mass is 313 g/mol. The number of alkyl halides is 1. The maximum absolute atomic E-state index is 6.12. The molecular formula is C15H21Cl2N3. The third kappa shape index (κ3) is 3.46. The lowest BCUT2D eigenvalue weighted by molar-refractivity contribution is 0.290. The maximum Gasteiger partial charge on any atom is 0.111 e. The molecule has 3 nitrogen and oxygen atoms in total. The number of likely N-dealkylation sites (N-methyl/N-ethyl adjacent to an activating group) is 1. The molecule has 2 aromatic rings. The number of halogens is 2. The first-order valence-electron chi connectivity index (χ1n) is 7.12. The molecule has 20 heavy (non-hydrogen) atoms. The molecule has 5 heteroatoms. The van der Waals surface area contributed by atoms with Crippen molar-refractivity contribution >= 4 is 34.2 Å². The Morgan fingerprint density at radius 3 is 2.65 bits per heavy atom. The third-order valence-corrected chi connectivity index (χ3v) is 4.07. The second-order valence-electron chi connectivity index (χ2n) is 4.78. The summed E-state index contributed by atoms with van der Waals surface area (Å²) in [5.74, 6) is 1.63. The van der Waals surface area contributed by atoms with Gasteiger partial charge in [0, 0.05) is 30.4 Å². The summed E-state index contributed by atoms with van der Waals surface area (Å²) in [6, 6.07) is 5.85. The van der Waals surface area contributed by atoms with Gasteiger partial charge in [-0.2, -0.15) is 0 Å². The summed E-state index contributed by atoms with van der Waals surface area (Å²) >= 11 is 12.0. The summed E-state index contributed by atoms with van der Waals surface area (Å²) in [5, 5.41) is 0.749. The molecule has 0 N–H and O–H groups in total. The zero-order valence-corrected chi connectivity index (χ0v) is 13.6. The minimum Gasteiger partial charge on any atom is -0.327 e. The van der Waals surface area contributed by atoms with Crippen molar-refractivity contribution in [3.63, 3.8) is 0 Å². The van der Waals surface area contributed by atoms with Crippen LogP contribution >= 0.6 is 23.2 Å². The molecule has 0 unspecified atom stereocenters. The molecule has 0 aliphatic heterocycles. The molecule has 0 radical (unpaired) electrons. The Morgan fingerprint density at radius 1 is 1.25 bits per heavy atom. The lowest BCUT2D eigenvalue weighted by atomic mass is 10.3. The normalized spacial score (nSPS) is 11.7. The zero-order valence-electron chi connectivity index (χ0n) is 12.1. The third-order valence-electron chi connectivity index (χ3n) is 3.64. The van der Waals surface area contributed by atoms with Crippen molar-refractivity contribution in [2.24, 2.45) is 0 Å². The Balaban J connectivity index is 2.32. The Hall–Kier alpha value is -0.770. The highest BCUT2D eigenvalue weighted by molar-refractivity contribution is 6.31. The Morgan fingerprint density at radius 2 is 2.00 bits per heavy atom. The van der Waals surface area contributed by atoms with Crippen molar-refractivity contribution in [1.29, 1.82) is 0 Å². The summed E-state index contributed by atoms with van der Waals surface area (Å²) < 4.78 is 2.25. The molecule has 0 spiro atoms. The number of rotatable bonds is 7. The Labute approximate surface area is 130 Å². The van der Waals surface area contributed by atoms with Gasteiger partial charge in [0.05, 0.1) is 11.0 Å². The number of benzene rings is 1. The molecule has 1 heterocycles. The molecule has 0 bridgehead atoms. The minimum absolute atomic E-state index is 0.586. The van der Waals surface area contributed by atoms with Crippen LogP contribution in [0.15, 0.2) is 18.2 Å². The molecule has 0 aliphatic carbocycles. The number of aromatic nitrogens is 2. The predicted octanol–water partition coefficient (Wildman–Crippen LogP) is 3.81.